The third-order valence-corrected chi connectivity index (χ3v) is 2.31. The van der Waals surface area contributed by atoms with E-state index in [9.17, 15) is 4.79 Å². The van der Waals surface area contributed by atoms with Crippen LogP contribution >= 0.6 is 0 Å². The Morgan fingerprint density at radius 2 is 2.06 bits per heavy atom. The predicted molar refractivity (Wildman–Crippen MR) is 62.7 cm³/mol. The van der Waals surface area contributed by atoms with Gasteiger partial charge in [0.15, 0.2) is 0 Å². The molecule has 2 atom stereocenters. The molecule has 0 heterocycles. The highest BCUT2D eigenvalue weighted by molar-refractivity contribution is 5.77. The molecular formula is C12H18N2O2. The van der Waals surface area contributed by atoms with Crippen molar-refractivity contribution in [2.75, 3.05) is 6.61 Å². The fourth-order valence-corrected chi connectivity index (χ4v) is 1.40. The molecule has 88 valence electrons. The van der Waals surface area contributed by atoms with Crippen LogP contribution < -0.4 is 11.1 Å². The van der Waals surface area contributed by atoms with Gasteiger partial charge in [-0.25, -0.2) is 0 Å². The van der Waals surface area contributed by atoms with Gasteiger partial charge in [0.2, 0.25) is 5.91 Å². The Kier molecular flexibility index (Phi) is 4.95. The van der Waals surface area contributed by atoms with Crippen molar-refractivity contribution in [3.05, 3.63) is 35.9 Å². The minimum atomic E-state index is -0.299. The molecular weight excluding hydrogens is 204 g/mol. The normalized spacial score (nSPS) is 14.2. The number of carbonyl (C=O) groups is 1. The summed E-state index contributed by atoms with van der Waals surface area (Å²) in [5.74, 6) is -0.141. The van der Waals surface area contributed by atoms with Crippen molar-refractivity contribution in [1.82, 2.24) is 5.32 Å². The molecule has 0 aliphatic carbocycles. The molecule has 1 rings (SSSR count). The van der Waals surface area contributed by atoms with E-state index in [1.807, 2.05) is 30.3 Å². The third kappa shape index (κ3) is 4.00. The van der Waals surface area contributed by atoms with Gasteiger partial charge in [0.05, 0.1) is 6.61 Å². The van der Waals surface area contributed by atoms with E-state index in [4.69, 9.17) is 10.8 Å². The molecule has 0 saturated heterocycles. The zero-order chi connectivity index (χ0) is 12.0. The zero-order valence-corrected chi connectivity index (χ0v) is 9.39. The van der Waals surface area contributed by atoms with Crippen molar-refractivity contribution in [3.63, 3.8) is 0 Å². The molecule has 1 aromatic carbocycles. The first kappa shape index (κ1) is 12.7. The van der Waals surface area contributed by atoms with Crippen LogP contribution in [0.1, 0.15) is 24.9 Å². The SMILES string of the molecule is CC(CO)NC(=O)CC(N)c1ccccc1. The van der Waals surface area contributed by atoms with Crippen molar-refractivity contribution in [1.29, 1.82) is 0 Å². The molecule has 0 aliphatic rings. The molecule has 1 amide bonds. The monoisotopic (exact) mass is 222 g/mol. The first-order valence-corrected chi connectivity index (χ1v) is 5.34. The summed E-state index contributed by atoms with van der Waals surface area (Å²) in [7, 11) is 0. The van der Waals surface area contributed by atoms with Gasteiger partial charge in [-0.2, -0.15) is 0 Å². The van der Waals surface area contributed by atoms with Crippen molar-refractivity contribution in [2.45, 2.75) is 25.4 Å². The van der Waals surface area contributed by atoms with Crippen molar-refractivity contribution in [2.24, 2.45) is 5.73 Å². The maximum Gasteiger partial charge on any atom is 0.222 e. The average Bonchev–Trinajstić information content (AvgIpc) is 2.29. The number of hydrogen-bond donors (Lipinski definition) is 3. The number of rotatable bonds is 5. The number of amides is 1. The minimum Gasteiger partial charge on any atom is -0.394 e. The van der Waals surface area contributed by atoms with Crippen LogP contribution in [0.4, 0.5) is 0 Å². The lowest BCUT2D eigenvalue weighted by Crippen LogP contribution is -2.36. The molecule has 16 heavy (non-hydrogen) atoms. The second kappa shape index (κ2) is 6.25. The smallest absolute Gasteiger partial charge is 0.222 e. The van der Waals surface area contributed by atoms with Crippen LogP contribution in [0.15, 0.2) is 30.3 Å². The molecule has 4 heteroatoms. The van der Waals surface area contributed by atoms with Gasteiger partial charge in [-0.15, -0.1) is 0 Å². The molecule has 0 spiro atoms. The van der Waals surface area contributed by atoms with Gasteiger partial charge in [0.25, 0.3) is 0 Å². The van der Waals surface area contributed by atoms with Gasteiger partial charge in [-0.3, -0.25) is 4.79 Å². The first-order chi connectivity index (χ1) is 7.63. The zero-order valence-electron chi connectivity index (χ0n) is 9.39. The topological polar surface area (TPSA) is 75.3 Å². The van der Waals surface area contributed by atoms with E-state index in [1.165, 1.54) is 0 Å². The highest BCUT2D eigenvalue weighted by Crippen LogP contribution is 2.12. The lowest BCUT2D eigenvalue weighted by atomic mass is 10.0. The van der Waals surface area contributed by atoms with Gasteiger partial charge in [0, 0.05) is 18.5 Å². The van der Waals surface area contributed by atoms with E-state index in [0.717, 1.165) is 5.56 Å². The average molecular weight is 222 g/mol. The molecule has 0 fully saturated rings. The molecule has 1 aromatic rings. The van der Waals surface area contributed by atoms with Crippen LogP contribution in [-0.2, 0) is 4.79 Å². The summed E-state index contributed by atoms with van der Waals surface area (Å²) in [6.45, 7) is 1.68. The maximum atomic E-state index is 11.5. The van der Waals surface area contributed by atoms with Crippen LogP contribution in [0, 0.1) is 0 Å². The molecule has 0 radical (unpaired) electrons. The number of hydrogen-bond acceptors (Lipinski definition) is 3. The largest absolute Gasteiger partial charge is 0.394 e. The summed E-state index contributed by atoms with van der Waals surface area (Å²) in [4.78, 5) is 11.5. The first-order valence-electron chi connectivity index (χ1n) is 5.34. The lowest BCUT2D eigenvalue weighted by molar-refractivity contribution is -0.122. The summed E-state index contributed by atoms with van der Waals surface area (Å²) in [6, 6.07) is 8.96. The molecule has 0 aliphatic heterocycles. The number of aliphatic hydroxyl groups excluding tert-OH is 1. The van der Waals surface area contributed by atoms with E-state index < -0.39 is 0 Å². The fourth-order valence-electron chi connectivity index (χ4n) is 1.40. The van der Waals surface area contributed by atoms with Crippen LogP contribution in [0.5, 0.6) is 0 Å². The Bertz CT molecular complexity index is 327. The predicted octanol–water partition coefficient (Wildman–Crippen LogP) is 0.574. The summed E-state index contributed by atoms with van der Waals surface area (Å²) in [5.41, 5.74) is 6.83. The second-order valence-corrected chi connectivity index (χ2v) is 3.87. The van der Waals surface area contributed by atoms with E-state index in [0.29, 0.717) is 0 Å². The molecule has 0 saturated carbocycles. The van der Waals surface area contributed by atoms with Gasteiger partial charge < -0.3 is 16.2 Å². The Morgan fingerprint density at radius 1 is 1.44 bits per heavy atom. The van der Waals surface area contributed by atoms with E-state index in [2.05, 4.69) is 5.32 Å². The molecule has 4 N–H and O–H groups in total. The van der Waals surface area contributed by atoms with Crippen LogP contribution in [0.3, 0.4) is 0 Å². The standard InChI is InChI=1S/C12H18N2O2/c1-9(8-15)14-12(16)7-11(13)10-5-3-2-4-6-10/h2-6,9,11,15H,7-8,13H2,1H3,(H,14,16). The molecule has 2 unspecified atom stereocenters. The Morgan fingerprint density at radius 3 is 2.62 bits per heavy atom. The number of benzene rings is 1. The van der Waals surface area contributed by atoms with Crippen molar-refractivity contribution in [3.8, 4) is 0 Å². The van der Waals surface area contributed by atoms with Gasteiger partial charge in [-0.1, -0.05) is 30.3 Å². The second-order valence-electron chi connectivity index (χ2n) is 3.87. The number of carbonyl (C=O) groups excluding carboxylic acids is 1. The Hall–Kier alpha value is -1.39. The fraction of sp³-hybridized carbons (Fsp3) is 0.417. The number of nitrogens with two attached hydrogens (primary N) is 1. The number of nitrogens with one attached hydrogen (secondary N) is 1. The van der Waals surface area contributed by atoms with Crippen LogP contribution in [-0.4, -0.2) is 23.7 Å². The maximum absolute atomic E-state index is 11.5. The summed E-state index contributed by atoms with van der Waals surface area (Å²) in [6.07, 6.45) is 0.231. The molecule has 4 nitrogen and oxygen atoms in total. The third-order valence-electron chi connectivity index (χ3n) is 2.31. The lowest BCUT2D eigenvalue weighted by Gasteiger charge is -2.14. The summed E-state index contributed by atoms with van der Waals surface area (Å²) in [5, 5.41) is 11.5. The van der Waals surface area contributed by atoms with E-state index in [1.54, 1.807) is 6.92 Å². The quantitative estimate of drug-likeness (QED) is 0.682. The van der Waals surface area contributed by atoms with Crippen LogP contribution in [0.2, 0.25) is 0 Å². The van der Waals surface area contributed by atoms with E-state index >= 15 is 0 Å². The summed E-state index contributed by atoms with van der Waals surface area (Å²) >= 11 is 0. The molecule has 0 bridgehead atoms. The van der Waals surface area contributed by atoms with Crippen LogP contribution in [0.25, 0.3) is 0 Å². The minimum absolute atomic E-state index is 0.0632. The van der Waals surface area contributed by atoms with Crippen molar-refractivity contribution < 1.29 is 9.90 Å². The highest BCUT2D eigenvalue weighted by atomic mass is 16.3. The van der Waals surface area contributed by atoms with Crippen molar-refractivity contribution >= 4 is 5.91 Å². The van der Waals surface area contributed by atoms with Gasteiger partial charge in [0.1, 0.15) is 0 Å². The Labute approximate surface area is 95.5 Å². The highest BCUT2D eigenvalue weighted by Gasteiger charge is 2.12. The van der Waals surface area contributed by atoms with Gasteiger partial charge >= 0.3 is 0 Å². The Balaban J connectivity index is 2.46. The van der Waals surface area contributed by atoms with Gasteiger partial charge in [-0.05, 0) is 12.5 Å². The summed E-state index contributed by atoms with van der Waals surface area (Å²) < 4.78 is 0. The van der Waals surface area contributed by atoms with E-state index in [-0.39, 0.29) is 31.0 Å². The molecule has 0 aromatic heterocycles. The number of aliphatic hydroxyl groups is 1.